The number of rotatable bonds is 6. The van der Waals surface area contributed by atoms with Crippen molar-refractivity contribution in [1.82, 2.24) is 14.9 Å². The number of esters is 1. The van der Waals surface area contributed by atoms with Crippen LogP contribution >= 0.6 is 0 Å². The SMILES string of the molecule is COC(=O)CC(C)C(=O)N[C@H](C)Cc1cn(C(=O)O)cn1. The number of imidazole rings is 1. The zero-order valence-electron chi connectivity index (χ0n) is 12.2. The van der Waals surface area contributed by atoms with E-state index in [9.17, 15) is 14.4 Å². The lowest BCUT2D eigenvalue weighted by molar-refractivity contribution is -0.144. The molecule has 1 aromatic rings. The van der Waals surface area contributed by atoms with Gasteiger partial charge in [-0.05, 0) is 6.92 Å². The Labute approximate surface area is 122 Å². The normalized spacial score (nSPS) is 13.3. The highest BCUT2D eigenvalue weighted by Gasteiger charge is 2.19. The number of ether oxygens (including phenoxy) is 1. The zero-order chi connectivity index (χ0) is 16.0. The molecule has 21 heavy (non-hydrogen) atoms. The standard InChI is InChI=1S/C13H19N3O5/c1-8(4-11(17)21-3)12(18)15-9(2)5-10-6-16(7-14-10)13(19)20/h6-9H,4-5H2,1-3H3,(H,15,18)(H,19,20)/t8?,9-/m1/s1. The van der Waals surface area contributed by atoms with Gasteiger partial charge < -0.3 is 15.2 Å². The smallest absolute Gasteiger partial charge is 0.416 e. The summed E-state index contributed by atoms with van der Waals surface area (Å²) >= 11 is 0. The minimum atomic E-state index is -1.11. The number of nitrogens with zero attached hydrogens (tertiary/aromatic N) is 2. The molecule has 2 atom stereocenters. The summed E-state index contributed by atoms with van der Waals surface area (Å²) in [5.41, 5.74) is 0.561. The van der Waals surface area contributed by atoms with Gasteiger partial charge in [-0.3, -0.25) is 9.59 Å². The first kappa shape index (κ1) is 16.7. The Morgan fingerprint density at radius 1 is 1.43 bits per heavy atom. The first-order valence-corrected chi connectivity index (χ1v) is 6.46. The third-order valence-corrected chi connectivity index (χ3v) is 2.91. The molecule has 1 aromatic heterocycles. The lowest BCUT2D eigenvalue weighted by Crippen LogP contribution is -2.38. The molecule has 116 valence electrons. The summed E-state index contributed by atoms with van der Waals surface area (Å²) in [7, 11) is 1.27. The molecule has 0 aliphatic rings. The van der Waals surface area contributed by atoms with E-state index < -0.39 is 18.0 Å². The van der Waals surface area contributed by atoms with Crippen molar-refractivity contribution >= 4 is 18.0 Å². The molecule has 1 unspecified atom stereocenters. The van der Waals surface area contributed by atoms with Gasteiger partial charge in [-0.1, -0.05) is 6.92 Å². The van der Waals surface area contributed by atoms with Gasteiger partial charge in [0.2, 0.25) is 5.91 Å². The third-order valence-electron chi connectivity index (χ3n) is 2.91. The average Bonchev–Trinajstić information content (AvgIpc) is 2.86. The first-order chi connectivity index (χ1) is 9.83. The molecule has 0 aromatic carbocycles. The molecule has 0 bridgehead atoms. The Bertz CT molecular complexity index is 526. The largest absolute Gasteiger partial charge is 0.469 e. The van der Waals surface area contributed by atoms with Crippen LogP contribution in [0.4, 0.5) is 4.79 Å². The average molecular weight is 297 g/mol. The van der Waals surface area contributed by atoms with Crippen molar-refractivity contribution < 1.29 is 24.2 Å². The van der Waals surface area contributed by atoms with Crippen LogP contribution in [0.1, 0.15) is 26.0 Å². The molecule has 0 saturated carbocycles. The van der Waals surface area contributed by atoms with Gasteiger partial charge in [0.05, 0.1) is 19.2 Å². The Hall–Kier alpha value is -2.38. The fraction of sp³-hybridized carbons (Fsp3) is 0.538. The second kappa shape index (κ2) is 7.41. The van der Waals surface area contributed by atoms with Crippen molar-refractivity contribution in [2.45, 2.75) is 32.7 Å². The van der Waals surface area contributed by atoms with Gasteiger partial charge in [-0.15, -0.1) is 0 Å². The van der Waals surface area contributed by atoms with Crippen LogP contribution in [-0.4, -0.2) is 45.8 Å². The van der Waals surface area contributed by atoms with Crippen LogP contribution in [0.25, 0.3) is 0 Å². The number of carboxylic acid groups (broad SMARTS) is 1. The predicted octanol–water partition coefficient (Wildman–Crippen LogP) is 0.656. The number of nitrogens with one attached hydrogen (secondary N) is 1. The van der Waals surface area contributed by atoms with Crippen LogP contribution in [0, 0.1) is 5.92 Å². The summed E-state index contributed by atoms with van der Waals surface area (Å²) in [6.45, 7) is 3.42. The third kappa shape index (κ3) is 5.25. The highest BCUT2D eigenvalue weighted by molar-refractivity contribution is 5.83. The molecule has 0 radical (unpaired) electrons. The molecule has 0 fully saturated rings. The molecule has 0 aliphatic carbocycles. The van der Waals surface area contributed by atoms with E-state index in [1.165, 1.54) is 19.6 Å². The molecule has 8 nitrogen and oxygen atoms in total. The van der Waals surface area contributed by atoms with Gasteiger partial charge in [0.25, 0.3) is 0 Å². The van der Waals surface area contributed by atoms with E-state index in [1.54, 1.807) is 13.8 Å². The van der Waals surface area contributed by atoms with Crippen molar-refractivity contribution in [2.75, 3.05) is 7.11 Å². The summed E-state index contributed by atoms with van der Waals surface area (Å²) in [5.74, 6) is -1.19. The summed E-state index contributed by atoms with van der Waals surface area (Å²) < 4.78 is 5.46. The fourth-order valence-electron chi connectivity index (χ4n) is 1.75. The molecule has 0 spiro atoms. The molecule has 0 saturated heterocycles. The number of carbonyl (C=O) groups is 3. The maximum atomic E-state index is 11.9. The lowest BCUT2D eigenvalue weighted by atomic mass is 10.1. The fourth-order valence-corrected chi connectivity index (χ4v) is 1.75. The van der Waals surface area contributed by atoms with Crippen LogP contribution in [-0.2, 0) is 20.7 Å². The summed E-state index contributed by atoms with van der Waals surface area (Å²) in [4.78, 5) is 37.6. The minimum absolute atomic E-state index is 0.0166. The Morgan fingerprint density at radius 3 is 2.62 bits per heavy atom. The van der Waals surface area contributed by atoms with E-state index >= 15 is 0 Å². The van der Waals surface area contributed by atoms with E-state index in [0.29, 0.717) is 12.1 Å². The van der Waals surface area contributed by atoms with E-state index in [-0.39, 0.29) is 18.4 Å². The van der Waals surface area contributed by atoms with E-state index in [4.69, 9.17) is 5.11 Å². The van der Waals surface area contributed by atoms with Gasteiger partial charge in [-0.25, -0.2) is 14.3 Å². The second-order valence-corrected chi connectivity index (χ2v) is 4.85. The Balaban J connectivity index is 2.48. The quantitative estimate of drug-likeness (QED) is 0.746. The maximum Gasteiger partial charge on any atom is 0.416 e. The Kier molecular flexibility index (Phi) is 5.89. The van der Waals surface area contributed by atoms with Gasteiger partial charge in [0.1, 0.15) is 6.33 Å². The van der Waals surface area contributed by atoms with Gasteiger partial charge in [0.15, 0.2) is 0 Å². The topological polar surface area (TPSA) is 111 Å². The van der Waals surface area contributed by atoms with Crippen molar-refractivity contribution in [1.29, 1.82) is 0 Å². The monoisotopic (exact) mass is 297 g/mol. The highest BCUT2D eigenvalue weighted by atomic mass is 16.5. The van der Waals surface area contributed by atoms with E-state index in [1.807, 2.05) is 0 Å². The van der Waals surface area contributed by atoms with Gasteiger partial charge in [0, 0.05) is 24.6 Å². The summed E-state index contributed by atoms with van der Waals surface area (Å²) in [5, 5.41) is 11.5. The maximum absolute atomic E-state index is 11.9. The van der Waals surface area contributed by atoms with E-state index in [0.717, 1.165) is 4.57 Å². The molecule has 2 N–H and O–H groups in total. The highest BCUT2D eigenvalue weighted by Crippen LogP contribution is 2.06. The predicted molar refractivity (Wildman–Crippen MR) is 72.8 cm³/mol. The number of methoxy groups -OCH3 is 1. The molecule has 8 heteroatoms. The number of carbonyl (C=O) groups excluding carboxylic acids is 2. The zero-order valence-corrected chi connectivity index (χ0v) is 12.2. The number of hydrogen-bond acceptors (Lipinski definition) is 5. The molecule has 1 amide bonds. The number of hydrogen-bond donors (Lipinski definition) is 2. The van der Waals surface area contributed by atoms with Crippen LogP contribution < -0.4 is 5.32 Å². The number of aromatic nitrogens is 2. The van der Waals surface area contributed by atoms with Crippen LogP contribution in [0.5, 0.6) is 0 Å². The van der Waals surface area contributed by atoms with Crippen molar-refractivity contribution in [3.8, 4) is 0 Å². The van der Waals surface area contributed by atoms with Crippen molar-refractivity contribution in [3.05, 3.63) is 18.2 Å². The molecule has 1 rings (SSSR count). The molecular formula is C13H19N3O5. The first-order valence-electron chi connectivity index (χ1n) is 6.46. The van der Waals surface area contributed by atoms with Crippen LogP contribution in [0.2, 0.25) is 0 Å². The van der Waals surface area contributed by atoms with Gasteiger partial charge in [-0.2, -0.15) is 0 Å². The van der Waals surface area contributed by atoms with Crippen molar-refractivity contribution in [3.63, 3.8) is 0 Å². The van der Waals surface area contributed by atoms with E-state index in [2.05, 4.69) is 15.0 Å². The van der Waals surface area contributed by atoms with Crippen LogP contribution in [0.3, 0.4) is 0 Å². The van der Waals surface area contributed by atoms with Crippen LogP contribution in [0.15, 0.2) is 12.5 Å². The number of amides is 1. The van der Waals surface area contributed by atoms with Gasteiger partial charge >= 0.3 is 12.1 Å². The second-order valence-electron chi connectivity index (χ2n) is 4.85. The summed E-state index contributed by atoms with van der Waals surface area (Å²) in [6, 6.07) is -0.227. The lowest BCUT2D eigenvalue weighted by Gasteiger charge is -2.16. The Morgan fingerprint density at radius 2 is 2.10 bits per heavy atom. The minimum Gasteiger partial charge on any atom is -0.469 e. The van der Waals surface area contributed by atoms with Crippen molar-refractivity contribution in [2.24, 2.45) is 5.92 Å². The molecule has 1 heterocycles. The molecule has 0 aliphatic heterocycles. The molecular weight excluding hydrogens is 278 g/mol. The summed E-state index contributed by atoms with van der Waals surface area (Å²) in [6.07, 6.45) is 1.89.